The van der Waals surface area contributed by atoms with Gasteiger partial charge in [-0.15, -0.1) is 0 Å². The van der Waals surface area contributed by atoms with E-state index in [2.05, 4.69) is 10.4 Å². The zero-order valence-electron chi connectivity index (χ0n) is 16.3. The molecule has 0 spiro atoms. The van der Waals surface area contributed by atoms with E-state index < -0.39 is 53.9 Å². The van der Waals surface area contributed by atoms with Crippen molar-refractivity contribution >= 4 is 23.2 Å². The van der Waals surface area contributed by atoms with Gasteiger partial charge >= 0.3 is 6.18 Å². The molecule has 0 aliphatic carbocycles. The van der Waals surface area contributed by atoms with Crippen molar-refractivity contribution in [1.82, 2.24) is 9.78 Å². The van der Waals surface area contributed by atoms with E-state index in [-0.39, 0.29) is 16.3 Å². The lowest BCUT2D eigenvalue weighted by Crippen LogP contribution is -2.22. The lowest BCUT2D eigenvalue weighted by Gasteiger charge is -2.15. The van der Waals surface area contributed by atoms with Crippen LogP contribution < -0.4 is 10.1 Å². The summed E-state index contributed by atoms with van der Waals surface area (Å²) in [5.74, 6) is -3.65. The van der Waals surface area contributed by atoms with Crippen LogP contribution in [0.1, 0.15) is 16.1 Å². The Bertz CT molecular complexity index is 1140. The van der Waals surface area contributed by atoms with Crippen molar-refractivity contribution in [2.45, 2.75) is 12.8 Å². The number of nitrogens with zero attached hydrogens (tertiary/aromatic N) is 2. The lowest BCUT2D eigenvalue weighted by atomic mass is 10.1. The summed E-state index contributed by atoms with van der Waals surface area (Å²) in [7, 11) is 1.48. The number of aliphatic hydroxyl groups excluding tert-OH is 1. The number of aryl methyl sites for hydroxylation is 1. The first-order valence-corrected chi connectivity index (χ1v) is 9.30. The highest BCUT2D eigenvalue weighted by atomic mass is 35.5. The van der Waals surface area contributed by atoms with Crippen molar-refractivity contribution in [3.63, 3.8) is 0 Å². The smallest absolute Gasteiger partial charge is 0.422 e. The monoisotopic (exact) mass is 475 g/mol. The number of rotatable bonds is 6. The fourth-order valence-corrected chi connectivity index (χ4v) is 3.00. The molecule has 0 saturated carbocycles. The van der Waals surface area contributed by atoms with Gasteiger partial charge in [0.25, 0.3) is 5.91 Å². The zero-order chi connectivity index (χ0) is 23.6. The Hall–Kier alpha value is -3.18. The average Bonchev–Trinajstić information content (AvgIpc) is 3.09. The summed E-state index contributed by atoms with van der Waals surface area (Å²) in [6.45, 7) is -2.17. The number of ether oxygens (including phenoxy) is 1. The van der Waals surface area contributed by atoms with Crippen molar-refractivity contribution in [2.75, 3.05) is 11.9 Å². The van der Waals surface area contributed by atoms with E-state index in [1.165, 1.54) is 29.9 Å². The number of para-hydroxylation sites is 1. The molecule has 12 heteroatoms. The van der Waals surface area contributed by atoms with Gasteiger partial charge in [0.2, 0.25) is 0 Å². The van der Waals surface area contributed by atoms with Crippen LogP contribution in [-0.2, 0) is 13.7 Å². The van der Waals surface area contributed by atoms with E-state index in [1.807, 2.05) is 0 Å². The Kier molecular flexibility index (Phi) is 6.70. The summed E-state index contributed by atoms with van der Waals surface area (Å²) in [5.41, 5.74) is -1.00. The largest absolute Gasteiger partial charge is 0.483 e. The highest BCUT2D eigenvalue weighted by molar-refractivity contribution is 6.34. The molecule has 3 rings (SSSR count). The number of carbonyl (C=O) groups excluding carboxylic acids is 1. The molecular formula is C20H15ClF5N3O3. The van der Waals surface area contributed by atoms with Gasteiger partial charge in [-0.2, -0.15) is 18.3 Å². The van der Waals surface area contributed by atoms with E-state index in [1.54, 1.807) is 0 Å². The van der Waals surface area contributed by atoms with Crippen LogP contribution >= 0.6 is 11.6 Å². The molecular weight excluding hydrogens is 461 g/mol. The van der Waals surface area contributed by atoms with Crippen LogP contribution in [0.15, 0.2) is 36.4 Å². The van der Waals surface area contributed by atoms with Crippen LogP contribution in [-0.4, -0.2) is 33.6 Å². The molecule has 6 nitrogen and oxygen atoms in total. The molecule has 170 valence electrons. The molecule has 0 fully saturated rings. The highest BCUT2D eigenvalue weighted by Crippen LogP contribution is 2.33. The number of aromatic nitrogens is 2. The normalized spacial score (nSPS) is 11.5. The fourth-order valence-electron chi connectivity index (χ4n) is 2.79. The summed E-state index contributed by atoms with van der Waals surface area (Å²) in [5, 5.41) is 15.2. The van der Waals surface area contributed by atoms with Crippen molar-refractivity contribution in [2.24, 2.45) is 7.05 Å². The molecule has 2 N–H and O–H groups in total. The molecule has 1 heterocycles. The van der Waals surface area contributed by atoms with Gasteiger partial charge in [-0.05, 0) is 30.3 Å². The molecule has 0 unspecified atom stereocenters. The Morgan fingerprint density at radius 3 is 2.53 bits per heavy atom. The Balaban J connectivity index is 2.05. The maximum Gasteiger partial charge on any atom is 0.422 e. The first-order valence-electron chi connectivity index (χ1n) is 8.92. The van der Waals surface area contributed by atoms with Crippen LogP contribution in [0.5, 0.6) is 5.75 Å². The van der Waals surface area contributed by atoms with E-state index >= 15 is 0 Å². The second-order valence-corrected chi connectivity index (χ2v) is 6.99. The van der Waals surface area contributed by atoms with Gasteiger partial charge in [-0.25, -0.2) is 8.78 Å². The Labute approximate surface area is 183 Å². The number of alkyl halides is 3. The third kappa shape index (κ3) is 5.17. The molecule has 0 bridgehead atoms. The minimum Gasteiger partial charge on any atom is -0.483 e. The number of hydrogen-bond acceptors (Lipinski definition) is 4. The number of carbonyl (C=O) groups is 1. The Morgan fingerprint density at radius 1 is 1.22 bits per heavy atom. The number of aliphatic hydroxyl groups is 1. The van der Waals surface area contributed by atoms with E-state index in [4.69, 9.17) is 16.3 Å². The minimum absolute atomic E-state index is 0.00462. The maximum atomic E-state index is 14.8. The van der Waals surface area contributed by atoms with Crippen LogP contribution in [0.3, 0.4) is 0 Å². The molecule has 0 saturated heterocycles. The summed E-state index contributed by atoms with van der Waals surface area (Å²) in [4.78, 5) is 12.7. The molecule has 0 atom stereocenters. The van der Waals surface area contributed by atoms with Crippen LogP contribution in [0.2, 0.25) is 5.02 Å². The van der Waals surface area contributed by atoms with Gasteiger partial charge in [0.15, 0.2) is 6.61 Å². The van der Waals surface area contributed by atoms with Gasteiger partial charge in [-0.3, -0.25) is 9.48 Å². The van der Waals surface area contributed by atoms with Crippen LogP contribution in [0.4, 0.5) is 27.6 Å². The predicted molar refractivity (Wildman–Crippen MR) is 105 cm³/mol. The molecule has 0 aliphatic heterocycles. The molecule has 2 aromatic carbocycles. The van der Waals surface area contributed by atoms with Crippen molar-refractivity contribution in [3.8, 4) is 17.0 Å². The highest BCUT2D eigenvalue weighted by Gasteiger charge is 2.30. The lowest BCUT2D eigenvalue weighted by molar-refractivity contribution is -0.153. The van der Waals surface area contributed by atoms with Crippen molar-refractivity contribution < 1.29 is 36.6 Å². The summed E-state index contributed by atoms with van der Waals surface area (Å²) in [6.07, 6.45) is -4.74. The SMILES string of the molecule is Cn1nc(-c2cc(OCC(F)(F)F)c(C(=O)Nc3c(F)cccc3Cl)cc2F)cc1CO. The molecule has 1 aromatic heterocycles. The fraction of sp³-hybridized carbons (Fsp3) is 0.200. The van der Waals surface area contributed by atoms with Crippen LogP contribution in [0, 0.1) is 11.6 Å². The van der Waals surface area contributed by atoms with Gasteiger partial charge < -0.3 is 15.2 Å². The number of benzene rings is 2. The number of nitrogens with one attached hydrogen (secondary N) is 1. The average molecular weight is 476 g/mol. The number of hydrogen-bond donors (Lipinski definition) is 2. The summed E-state index contributed by atoms with van der Waals surface area (Å²) in [6, 6.07) is 6.43. The van der Waals surface area contributed by atoms with Gasteiger partial charge in [0.05, 0.1) is 34.3 Å². The number of anilines is 1. The topological polar surface area (TPSA) is 76.4 Å². The minimum atomic E-state index is -4.74. The predicted octanol–water partition coefficient (Wildman–Crippen LogP) is 4.70. The van der Waals surface area contributed by atoms with Crippen molar-refractivity contribution in [3.05, 3.63) is 64.3 Å². The molecule has 3 aromatic rings. The first-order chi connectivity index (χ1) is 15.0. The summed E-state index contributed by atoms with van der Waals surface area (Å²) >= 11 is 5.85. The Morgan fingerprint density at radius 2 is 1.94 bits per heavy atom. The molecule has 32 heavy (non-hydrogen) atoms. The van der Waals surface area contributed by atoms with Crippen LogP contribution in [0.25, 0.3) is 11.3 Å². The third-order valence-corrected chi connectivity index (χ3v) is 4.64. The number of halogens is 6. The third-order valence-electron chi connectivity index (χ3n) is 4.32. The van der Waals surface area contributed by atoms with Gasteiger partial charge in [0, 0.05) is 12.6 Å². The second kappa shape index (κ2) is 9.13. The molecule has 1 amide bonds. The summed E-state index contributed by atoms with van der Waals surface area (Å²) < 4.78 is 73.0. The molecule has 0 aliphatic rings. The van der Waals surface area contributed by atoms with E-state index in [9.17, 15) is 31.9 Å². The second-order valence-electron chi connectivity index (χ2n) is 6.59. The first kappa shape index (κ1) is 23.5. The standard InChI is InChI=1S/C20H15ClF5N3O3/c1-29-10(8-30)5-16(28-29)11-7-17(32-9-20(24,25)26)12(6-15(11)23)19(31)27-18-13(21)3-2-4-14(18)22/h2-7,30H,8-9H2,1H3,(H,27,31). The van der Waals surface area contributed by atoms with Crippen molar-refractivity contribution in [1.29, 1.82) is 0 Å². The number of amides is 1. The zero-order valence-corrected chi connectivity index (χ0v) is 17.1. The van der Waals surface area contributed by atoms with Gasteiger partial charge in [-0.1, -0.05) is 17.7 Å². The quantitative estimate of drug-likeness (QED) is 0.507. The van der Waals surface area contributed by atoms with Gasteiger partial charge in [0.1, 0.15) is 17.4 Å². The maximum absolute atomic E-state index is 14.8. The van der Waals surface area contributed by atoms with E-state index in [0.717, 1.165) is 12.1 Å². The molecule has 0 radical (unpaired) electrons. The van der Waals surface area contributed by atoms with E-state index in [0.29, 0.717) is 11.8 Å².